The Morgan fingerprint density at radius 2 is 2.30 bits per heavy atom. The van der Waals surface area contributed by atoms with Gasteiger partial charge in [-0.05, 0) is 25.0 Å². The van der Waals surface area contributed by atoms with Gasteiger partial charge in [0.1, 0.15) is 11.6 Å². The molecule has 1 aliphatic rings. The summed E-state index contributed by atoms with van der Waals surface area (Å²) in [6, 6.07) is 4.05. The van der Waals surface area contributed by atoms with E-state index in [9.17, 15) is 9.50 Å². The fraction of sp³-hybridized carbons (Fsp3) is 0.385. The third-order valence-electron chi connectivity index (χ3n) is 3.42. The van der Waals surface area contributed by atoms with Crippen molar-refractivity contribution in [2.24, 2.45) is 5.73 Å². The summed E-state index contributed by atoms with van der Waals surface area (Å²) in [6.45, 7) is 1.55. The van der Waals surface area contributed by atoms with Crippen LogP contribution in [0.2, 0.25) is 0 Å². The van der Waals surface area contributed by atoms with Gasteiger partial charge in [-0.25, -0.2) is 4.39 Å². The number of anilines is 1. The van der Waals surface area contributed by atoms with Crippen LogP contribution >= 0.6 is 0 Å². The monoisotopic (exact) mass is 277 g/mol. The summed E-state index contributed by atoms with van der Waals surface area (Å²) in [5, 5.41) is 16.1. The Hall–Kier alpha value is -2.15. The molecule has 0 radical (unpaired) electrons. The lowest BCUT2D eigenvalue weighted by Gasteiger charge is -2.29. The third-order valence-corrected chi connectivity index (χ3v) is 3.42. The predicted molar refractivity (Wildman–Crippen MR) is 72.9 cm³/mol. The van der Waals surface area contributed by atoms with E-state index in [0.717, 1.165) is 25.5 Å². The van der Waals surface area contributed by atoms with Crippen molar-refractivity contribution in [3.63, 3.8) is 0 Å². The fourth-order valence-corrected chi connectivity index (χ4v) is 2.40. The molecule has 0 amide bonds. The second-order valence-electron chi connectivity index (χ2n) is 5.00. The number of nitrogens with zero attached hydrogens (tertiary/aromatic N) is 3. The molecule has 1 atom stereocenters. The molecular formula is C13H16FN5O. The van der Waals surface area contributed by atoms with Gasteiger partial charge in [0.25, 0.3) is 0 Å². The topological polar surface area (TPSA) is 91.1 Å². The highest BCUT2D eigenvalue weighted by molar-refractivity contribution is 5.58. The number of phenolic OH excluding ortho intramolecular Hbond substituents is 1. The van der Waals surface area contributed by atoms with Gasteiger partial charge < -0.3 is 15.7 Å². The first-order chi connectivity index (χ1) is 9.63. The van der Waals surface area contributed by atoms with Crippen LogP contribution in [0.3, 0.4) is 0 Å². The minimum atomic E-state index is -0.539. The van der Waals surface area contributed by atoms with Crippen LogP contribution in [0, 0.1) is 5.82 Å². The quantitative estimate of drug-likeness (QED) is 0.768. The molecule has 3 rings (SSSR count). The maximum absolute atomic E-state index is 13.8. The van der Waals surface area contributed by atoms with Gasteiger partial charge in [-0.15, -0.1) is 5.10 Å². The minimum absolute atomic E-state index is 0.118. The smallest absolute Gasteiger partial charge is 0.245 e. The molecule has 2 aromatic rings. The molecule has 0 saturated carbocycles. The lowest BCUT2D eigenvalue weighted by molar-refractivity contribution is 0.469. The van der Waals surface area contributed by atoms with E-state index in [0.29, 0.717) is 18.3 Å². The standard InChI is InChI=1S/C13H16FN5O/c14-11-6-9(20)3-4-10(11)12-16-13(18-17-12)19-5-1-2-8(15)7-19/h3-4,6,8,20H,1-2,5,7,15H2,(H,16,17,18). The molecular weight excluding hydrogens is 261 g/mol. The Labute approximate surface area is 115 Å². The van der Waals surface area contributed by atoms with E-state index in [1.165, 1.54) is 12.1 Å². The highest BCUT2D eigenvalue weighted by Crippen LogP contribution is 2.24. The number of nitrogens with two attached hydrogens (primary N) is 1. The number of aromatic hydroxyl groups is 1. The van der Waals surface area contributed by atoms with Gasteiger partial charge in [0.2, 0.25) is 5.95 Å². The summed E-state index contributed by atoms with van der Waals surface area (Å²) in [5.74, 6) is 0.218. The van der Waals surface area contributed by atoms with E-state index in [4.69, 9.17) is 5.73 Å². The molecule has 0 bridgehead atoms. The lowest BCUT2D eigenvalue weighted by atomic mass is 10.1. The van der Waals surface area contributed by atoms with Crippen LogP contribution in [0.25, 0.3) is 11.4 Å². The van der Waals surface area contributed by atoms with E-state index in [1.54, 1.807) is 0 Å². The molecule has 20 heavy (non-hydrogen) atoms. The van der Waals surface area contributed by atoms with Gasteiger partial charge in [-0.1, -0.05) is 0 Å². The number of hydrogen-bond donors (Lipinski definition) is 3. The van der Waals surface area contributed by atoms with Crippen LogP contribution < -0.4 is 10.6 Å². The number of aromatic nitrogens is 3. The molecule has 1 unspecified atom stereocenters. The highest BCUT2D eigenvalue weighted by atomic mass is 19.1. The molecule has 0 spiro atoms. The zero-order valence-corrected chi connectivity index (χ0v) is 10.9. The first-order valence-electron chi connectivity index (χ1n) is 6.55. The number of aromatic amines is 1. The Morgan fingerprint density at radius 3 is 3.05 bits per heavy atom. The second-order valence-corrected chi connectivity index (χ2v) is 5.00. The van der Waals surface area contributed by atoms with Gasteiger partial charge in [0, 0.05) is 25.2 Å². The predicted octanol–water partition coefficient (Wildman–Crippen LogP) is 1.24. The molecule has 6 nitrogen and oxygen atoms in total. The number of nitrogens with one attached hydrogen (secondary N) is 1. The van der Waals surface area contributed by atoms with Gasteiger partial charge >= 0.3 is 0 Å². The van der Waals surface area contributed by atoms with E-state index >= 15 is 0 Å². The number of H-pyrrole nitrogens is 1. The number of piperidine rings is 1. The van der Waals surface area contributed by atoms with E-state index in [-0.39, 0.29) is 17.4 Å². The fourth-order valence-electron chi connectivity index (χ4n) is 2.40. The molecule has 1 aromatic heterocycles. The van der Waals surface area contributed by atoms with E-state index < -0.39 is 5.82 Å². The maximum atomic E-state index is 13.8. The van der Waals surface area contributed by atoms with Crippen LogP contribution in [-0.2, 0) is 0 Å². The summed E-state index contributed by atoms with van der Waals surface area (Å²) < 4.78 is 13.8. The summed E-state index contributed by atoms with van der Waals surface area (Å²) in [5.41, 5.74) is 6.21. The molecule has 4 N–H and O–H groups in total. The molecule has 106 valence electrons. The van der Waals surface area contributed by atoms with E-state index in [1.807, 2.05) is 4.90 Å². The van der Waals surface area contributed by atoms with Crippen molar-refractivity contribution in [3.8, 4) is 17.1 Å². The SMILES string of the molecule is NC1CCCN(c2n[nH]c(-c3ccc(O)cc3F)n2)C1. The summed E-state index contributed by atoms with van der Waals surface area (Å²) in [6.07, 6.45) is 2.00. The van der Waals surface area contributed by atoms with Crippen molar-refractivity contribution in [1.29, 1.82) is 0 Å². The average molecular weight is 277 g/mol. The largest absolute Gasteiger partial charge is 0.508 e. The zero-order chi connectivity index (χ0) is 14.1. The van der Waals surface area contributed by atoms with Gasteiger partial charge in [0.05, 0.1) is 5.56 Å². The summed E-state index contributed by atoms with van der Waals surface area (Å²) in [7, 11) is 0. The number of hydrogen-bond acceptors (Lipinski definition) is 5. The summed E-state index contributed by atoms with van der Waals surface area (Å²) >= 11 is 0. The average Bonchev–Trinajstić information content (AvgIpc) is 2.88. The maximum Gasteiger partial charge on any atom is 0.245 e. The number of phenols is 1. The Bertz CT molecular complexity index is 615. The van der Waals surface area contributed by atoms with Gasteiger partial charge in [-0.3, -0.25) is 5.10 Å². The lowest BCUT2D eigenvalue weighted by Crippen LogP contribution is -2.43. The molecule has 1 fully saturated rings. The van der Waals surface area contributed by atoms with Crippen LogP contribution in [0.5, 0.6) is 5.75 Å². The second kappa shape index (κ2) is 5.09. The number of halogens is 1. The number of benzene rings is 1. The third kappa shape index (κ3) is 2.44. The first-order valence-corrected chi connectivity index (χ1v) is 6.55. The first kappa shape index (κ1) is 12.9. The summed E-state index contributed by atoms with van der Waals surface area (Å²) in [4.78, 5) is 6.30. The van der Waals surface area contributed by atoms with Crippen molar-refractivity contribution in [1.82, 2.24) is 15.2 Å². The molecule has 7 heteroatoms. The Balaban J connectivity index is 1.86. The number of rotatable bonds is 2. The molecule has 1 saturated heterocycles. The van der Waals surface area contributed by atoms with Crippen LogP contribution in [-0.4, -0.2) is 39.4 Å². The van der Waals surface area contributed by atoms with Crippen molar-refractivity contribution < 1.29 is 9.50 Å². The van der Waals surface area contributed by atoms with Crippen molar-refractivity contribution in [2.75, 3.05) is 18.0 Å². The highest BCUT2D eigenvalue weighted by Gasteiger charge is 2.21. The molecule has 0 aliphatic carbocycles. The molecule has 1 aromatic carbocycles. The van der Waals surface area contributed by atoms with Crippen LogP contribution in [0.1, 0.15) is 12.8 Å². The van der Waals surface area contributed by atoms with Crippen molar-refractivity contribution in [2.45, 2.75) is 18.9 Å². The zero-order valence-electron chi connectivity index (χ0n) is 10.9. The molecule has 2 heterocycles. The van der Waals surface area contributed by atoms with Crippen LogP contribution in [0.15, 0.2) is 18.2 Å². The van der Waals surface area contributed by atoms with Crippen LogP contribution in [0.4, 0.5) is 10.3 Å². The Morgan fingerprint density at radius 1 is 1.45 bits per heavy atom. The normalized spacial score (nSPS) is 19.3. The van der Waals surface area contributed by atoms with Crippen molar-refractivity contribution in [3.05, 3.63) is 24.0 Å². The van der Waals surface area contributed by atoms with Gasteiger partial charge in [0.15, 0.2) is 5.82 Å². The van der Waals surface area contributed by atoms with E-state index in [2.05, 4.69) is 15.2 Å². The van der Waals surface area contributed by atoms with Crippen molar-refractivity contribution >= 4 is 5.95 Å². The minimum Gasteiger partial charge on any atom is -0.508 e. The molecule has 1 aliphatic heterocycles. The Kier molecular flexibility index (Phi) is 3.27. The van der Waals surface area contributed by atoms with Gasteiger partial charge in [-0.2, -0.15) is 4.98 Å².